The zero-order chi connectivity index (χ0) is 25.1. The van der Waals surface area contributed by atoms with Gasteiger partial charge < -0.3 is 22.1 Å². The average molecular weight is 537 g/mol. The highest BCUT2D eigenvalue weighted by molar-refractivity contribution is 6.79. The number of alkyl halides is 7. The van der Waals surface area contributed by atoms with Gasteiger partial charge in [0.1, 0.15) is 0 Å². The third-order valence-electron chi connectivity index (χ3n) is 4.03. The lowest BCUT2D eigenvalue weighted by atomic mass is 10.4. The summed E-state index contributed by atoms with van der Waals surface area (Å²) in [6, 6.07) is 0.620. The Morgan fingerprint density at radius 2 is 1.41 bits per heavy atom. The van der Waals surface area contributed by atoms with Gasteiger partial charge in [-0.15, -0.1) is 0 Å². The van der Waals surface area contributed by atoms with Gasteiger partial charge in [0.2, 0.25) is 6.17 Å². The van der Waals surface area contributed by atoms with Crippen molar-refractivity contribution in [3.8, 4) is 0 Å². The molecular weight excluding hydrogens is 501 g/mol. The van der Waals surface area contributed by atoms with E-state index in [0.29, 0.717) is 25.5 Å². The van der Waals surface area contributed by atoms with E-state index in [1.54, 1.807) is 0 Å². The molecule has 5 nitrogen and oxygen atoms in total. The Balaban J connectivity index is 4.04. The number of hydrogen-bond acceptors (Lipinski definition) is 5. The maximum Gasteiger partial charge on any atom is 0.421 e. The van der Waals surface area contributed by atoms with Gasteiger partial charge in [-0.3, -0.25) is 0 Å². The van der Waals surface area contributed by atoms with Crippen LogP contribution in [0.2, 0.25) is 38.8 Å². The van der Waals surface area contributed by atoms with E-state index in [-0.39, 0.29) is 19.8 Å². The van der Waals surface area contributed by atoms with E-state index in [2.05, 4.69) is 0 Å². The summed E-state index contributed by atoms with van der Waals surface area (Å²) in [5, 5.41) is 0. The summed E-state index contributed by atoms with van der Waals surface area (Å²) in [5.74, 6) is 0. The molecule has 0 saturated heterocycles. The fraction of sp³-hybridized carbons (Fsp3) is 1.00. The molecule has 0 heterocycles. The lowest BCUT2D eigenvalue weighted by molar-refractivity contribution is -0.193. The third-order valence-corrected chi connectivity index (χ3v) is 14.0. The Bertz CT molecular complexity index is 508. The second-order valence-corrected chi connectivity index (χ2v) is 18.5. The van der Waals surface area contributed by atoms with Crippen molar-refractivity contribution < 1.29 is 52.9 Å². The number of halogens is 7. The Hall–Kier alpha value is -0.0394. The Kier molecular flexibility index (Phi) is 14.4. The van der Waals surface area contributed by atoms with Crippen LogP contribution in [-0.2, 0) is 22.1 Å². The zero-order valence-corrected chi connectivity index (χ0v) is 22.4. The monoisotopic (exact) mass is 536 g/mol. The SMILES string of the molecule is C[SiH](O[Si](C)(C)CCCOCC(F)C(F)(F)F)O[Si](C)(C)OCCCOCCC(F)(F)F. The topological polar surface area (TPSA) is 46.2 Å². The van der Waals surface area contributed by atoms with Crippen LogP contribution in [0.1, 0.15) is 19.3 Å². The summed E-state index contributed by atoms with van der Waals surface area (Å²) in [7, 11) is -6.69. The second kappa shape index (κ2) is 14.4. The first-order chi connectivity index (χ1) is 14.4. The predicted octanol–water partition coefficient (Wildman–Crippen LogP) is 5.46. The van der Waals surface area contributed by atoms with Crippen LogP contribution >= 0.6 is 0 Å². The van der Waals surface area contributed by atoms with Gasteiger partial charge in [-0.1, -0.05) is 0 Å². The molecular formula is C17H35F7O5Si3. The normalized spacial score (nSPS) is 15.8. The zero-order valence-electron chi connectivity index (χ0n) is 19.2. The van der Waals surface area contributed by atoms with Gasteiger partial charge in [-0.05, 0) is 51.6 Å². The summed E-state index contributed by atoms with van der Waals surface area (Å²) in [6.07, 6.45) is -12.2. The van der Waals surface area contributed by atoms with Crippen molar-refractivity contribution >= 4 is 26.2 Å². The molecule has 0 rings (SSSR count). The fourth-order valence-electron chi connectivity index (χ4n) is 2.62. The largest absolute Gasteiger partial charge is 0.439 e. The summed E-state index contributed by atoms with van der Waals surface area (Å²) < 4.78 is 113. The van der Waals surface area contributed by atoms with Gasteiger partial charge in [-0.2, -0.15) is 26.3 Å². The molecule has 0 amide bonds. The van der Waals surface area contributed by atoms with Crippen molar-refractivity contribution in [3.63, 3.8) is 0 Å². The molecule has 2 unspecified atom stereocenters. The van der Waals surface area contributed by atoms with Gasteiger partial charge in [0.25, 0.3) is 9.28 Å². The van der Waals surface area contributed by atoms with Crippen LogP contribution in [-0.4, -0.2) is 77.7 Å². The molecule has 0 aliphatic carbocycles. The van der Waals surface area contributed by atoms with E-state index in [0.717, 1.165) is 0 Å². The van der Waals surface area contributed by atoms with Crippen LogP contribution in [0.25, 0.3) is 0 Å². The Morgan fingerprint density at radius 3 is 1.97 bits per heavy atom. The minimum absolute atomic E-state index is 0.0154. The predicted molar refractivity (Wildman–Crippen MR) is 113 cm³/mol. The molecule has 0 fully saturated rings. The van der Waals surface area contributed by atoms with Crippen LogP contribution in [0.15, 0.2) is 0 Å². The molecule has 0 aliphatic rings. The minimum Gasteiger partial charge on any atom is -0.439 e. The first-order valence-electron chi connectivity index (χ1n) is 10.4. The summed E-state index contributed by atoms with van der Waals surface area (Å²) >= 11 is 0. The van der Waals surface area contributed by atoms with Crippen molar-refractivity contribution in [2.75, 3.05) is 33.0 Å². The van der Waals surface area contributed by atoms with Gasteiger partial charge in [-0.25, -0.2) is 4.39 Å². The molecule has 2 atom stereocenters. The highest BCUT2D eigenvalue weighted by Gasteiger charge is 2.40. The van der Waals surface area contributed by atoms with Crippen molar-refractivity contribution in [1.82, 2.24) is 0 Å². The van der Waals surface area contributed by atoms with Crippen LogP contribution in [0.4, 0.5) is 30.7 Å². The summed E-state index contributed by atoms with van der Waals surface area (Å²) in [4.78, 5) is 0. The van der Waals surface area contributed by atoms with Crippen LogP contribution in [0, 0.1) is 0 Å². The number of ether oxygens (including phenoxy) is 2. The molecule has 194 valence electrons. The van der Waals surface area contributed by atoms with E-state index in [4.69, 9.17) is 22.1 Å². The molecule has 32 heavy (non-hydrogen) atoms. The van der Waals surface area contributed by atoms with Crippen LogP contribution in [0.3, 0.4) is 0 Å². The third kappa shape index (κ3) is 18.4. The molecule has 0 spiro atoms. The first-order valence-corrected chi connectivity index (χ1v) is 18.4. The highest BCUT2D eigenvalue weighted by Crippen LogP contribution is 2.23. The van der Waals surface area contributed by atoms with Gasteiger partial charge in [0, 0.05) is 19.8 Å². The highest BCUT2D eigenvalue weighted by atomic mass is 28.5. The maximum atomic E-state index is 12.8. The molecule has 0 aromatic heterocycles. The molecule has 15 heteroatoms. The van der Waals surface area contributed by atoms with Crippen molar-refractivity contribution in [3.05, 3.63) is 0 Å². The Morgan fingerprint density at radius 1 is 0.812 bits per heavy atom. The molecule has 0 saturated carbocycles. The minimum atomic E-state index is -4.91. The van der Waals surface area contributed by atoms with E-state index in [1.807, 2.05) is 32.7 Å². The van der Waals surface area contributed by atoms with E-state index >= 15 is 0 Å². The van der Waals surface area contributed by atoms with Crippen molar-refractivity contribution in [2.24, 2.45) is 0 Å². The number of rotatable bonds is 17. The lowest BCUT2D eigenvalue weighted by Crippen LogP contribution is -2.46. The van der Waals surface area contributed by atoms with E-state index in [1.165, 1.54) is 0 Å². The van der Waals surface area contributed by atoms with E-state index in [9.17, 15) is 30.7 Å². The first kappa shape index (κ1) is 32.0. The standard InChI is InChI=1S/C17H35F7O5Si3/c1-30(28-31(2,3)13-7-10-26-14-15(18)17(22,23)24)29-32(4,5)27-11-6-9-25-12-8-16(19,20)21/h15,30H,6-14H2,1-5H3. The molecule has 0 radical (unpaired) electrons. The second-order valence-electron chi connectivity index (χ2n) is 8.33. The van der Waals surface area contributed by atoms with E-state index < -0.39 is 57.7 Å². The van der Waals surface area contributed by atoms with Crippen molar-refractivity contribution in [1.29, 1.82) is 0 Å². The molecule has 0 aliphatic heterocycles. The fourth-order valence-corrected chi connectivity index (χ4v) is 12.4. The molecule has 0 aromatic carbocycles. The Labute approximate surface area is 189 Å². The van der Waals surface area contributed by atoms with Crippen LogP contribution < -0.4 is 0 Å². The van der Waals surface area contributed by atoms with Crippen LogP contribution in [0.5, 0.6) is 0 Å². The summed E-state index contributed by atoms with van der Waals surface area (Å²) in [5.41, 5.74) is 0. The lowest BCUT2D eigenvalue weighted by Gasteiger charge is -2.32. The molecule has 0 aromatic rings. The number of hydrogen-bond donors (Lipinski definition) is 0. The molecule has 0 bridgehead atoms. The van der Waals surface area contributed by atoms with Gasteiger partial charge in [0.15, 0.2) is 8.32 Å². The van der Waals surface area contributed by atoms with Gasteiger partial charge in [0.05, 0.1) is 19.6 Å². The molecule has 0 N–H and O–H groups in total. The quantitative estimate of drug-likeness (QED) is 0.140. The smallest absolute Gasteiger partial charge is 0.421 e. The van der Waals surface area contributed by atoms with Gasteiger partial charge >= 0.3 is 20.9 Å². The maximum absolute atomic E-state index is 12.8. The van der Waals surface area contributed by atoms with Crippen molar-refractivity contribution in [2.45, 2.75) is 76.6 Å². The average Bonchev–Trinajstić information content (AvgIpc) is 2.57. The summed E-state index contributed by atoms with van der Waals surface area (Å²) in [6.45, 7) is 8.58.